The van der Waals surface area contributed by atoms with Crippen molar-refractivity contribution in [2.24, 2.45) is 5.73 Å². The van der Waals surface area contributed by atoms with E-state index in [0.29, 0.717) is 24.2 Å². The molecule has 0 saturated carbocycles. The maximum Gasteiger partial charge on any atom is 0.344 e. The molecule has 0 aliphatic rings. The number of hydrogen-bond acceptors (Lipinski definition) is 8. The summed E-state index contributed by atoms with van der Waals surface area (Å²) in [6.07, 6.45) is 2.50. The first-order valence-electron chi connectivity index (χ1n) is 23.5. The largest absolute Gasteiger partial charge is 0.482 e. The van der Waals surface area contributed by atoms with E-state index in [1.54, 1.807) is 12.1 Å². The van der Waals surface area contributed by atoms with Crippen molar-refractivity contribution in [3.8, 4) is 5.75 Å². The number of ketones is 2. The molecule has 0 amide bonds. The Kier molecular flexibility index (Phi) is 17.4. The molecule has 0 spiro atoms. The Balaban J connectivity index is 0.000000204. The fraction of sp³-hybridized carbons (Fsp3) is 0.213. The second-order valence-corrected chi connectivity index (χ2v) is 17.5. The van der Waals surface area contributed by atoms with Crippen molar-refractivity contribution in [1.29, 1.82) is 0 Å². The topological polar surface area (TPSA) is 122 Å². The standard InChI is InChI=1S/C32H32O3.C29H27NO4/c1-4-7-30(31(33)20-25-12-13-26-8-5-6-9-28(26)19-25)27-14-10-24(11-15-27)21-35-32(34)29-17-22(2)16-23(3)18-29;30-18-27(28(31)17-22-12-13-23-6-4-5-7-25(23)16-22)24-14-10-21(11-15-24)19-34-29(32)20-33-26-8-2-1-3-9-26/h5-6,8-19,30H,4,7,20-21H2,1-3H3;1-16,27H,17-20,30H2. The molecule has 350 valence electrons. The molecule has 2 N–H and O–H groups in total. The normalized spacial score (nSPS) is 11.8. The van der Waals surface area contributed by atoms with Gasteiger partial charge in [-0.25, -0.2) is 9.59 Å². The minimum atomic E-state index is -0.446. The van der Waals surface area contributed by atoms with Gasteiger partial charge in [-0.3, -0.25) is 9.59 Å². The first-order valence-corrected chi connectivity index (χ1v) is 23.5. The molecule has 8 heteroatoms. The van der Waals surface area contributed by atoms with Crippen molar-refractivity contribution in [2.75, 3.05) is 13.2 Å². The highest BCUT2D eigenvalue weighted by molar-refractivity contribution is 5.91. The molecule has 2 unspecified atom stereocenters. The van der Waals surface area contributed by atoms with Gasteiger partial charge in [0.15, 0.2) is 6.61 Å². The molecule has 0 saturated heterocycles. The fourth-order valence-corrected chi connectivity index (χ4v) is 8.48. The van der Waals surface area contributed by atoms with Crippen LogP contribution in [0, 0.1) is 13.8 Å². The van der Waals surface area contributed by atoms with Crippen LogP contribution in [0.25, 0.3) is 21.5 Å². The first-order chi connectivity index (χ1) is 33.5. The molecule has 0 bridgehead atoms. The molecule has 2 atom stereocenters. The monoisotopic (exact) mass is 917 g/mol. The number of benzene rings is 8. The van der Waals surface area contributed by atoms with Crippen LogP contribution >= 0.6 is 0 Å². The van der Waals surface area contributed by atoms with Crippen molar-refractivity contribution >= 4 is 45.0 Å². The molecule has 0 radical (unpaired) electrons. The van der Waals surface area contributed by atoms with Gasteiger partial charge in [0.25, 0.3) is 0 Å². The molecule has 69 heavy (non-hydrogen) atoms. The zero-order valence-electron chi connectivity index (χ0n) is 39.6. The molecule has 0 fully saturated rings. The van der Waals surface area contributed by atoms with Crippen LogP contribution < -0.4 is 10.5 Å². The van der Waals surface area contributed by atoms with Crippen LogP contribution in [0.5, 0.6) is 5.75 Å². The van der Waals surface area contributed by atoms with Crippen LogP contribution in [0.4, 0.5) is 0 Å². The lowest BCUT2D eigenvalue weighted by Crippen LogP contribution is -2.23. The zero-order valence-corrected chi connectivity index (χ0v) is 39.6. The summed E-state index contributed by atoms with van der Waals surface area (Å²) in [4.78, 5) is 50.7. The second kappa shape index (κ2) is 24.4. The van der Waals surface area contributed by atoms with Gasteiger partial charge in [0.1, 0.15) is 30.5 Å². The summed E-state index contributed by atoms with van der Waals surface area (Å²) in [6, 6.07) is 58.8. The van der Waals surface area contributed by atoms with E-state index < -0.39 is 5.97 Å². The number of fused-ring (bicyclic) bond motifs is 2. The molecule has 8 rings (SSSR count). The number of rotatable bonds is 19. The van der Waals surface area contributed by atoms with Gasteiger partial charge in [0, 0.05) is 25.3 Å². The Morgan fingerprint density at radius 1 is 0.493 bits per heavy atom. The zero-order chi connectivity index (χ0) is 48.5. The van der Waals surface area contributed by atoms with Crippen LogP contribution in [-0.2, 0) is 49.9 Å². The highest BCUT2D eigenvalue weighted by Gasteiger charge is 2.22. The Morgan fingerprint density at radius 3 is 1.48 bits per heavy atom. The van der Waals surface area contributed by atoms with Crippen molar-refractivity contribution in [3.63, 3.8) is 0 Å². The maximum atomic E-state index is 13.3. The summed E-state index contributed by atoms with van der Waals surface area (Å²) in [5.74, 6) is -0.370. The molecule has 0 heterocycles. The number of hydrogen-bond donors (Lipinski definition) is 1. The Labute approximate surface area is 405 Å². The lowest BCUT2D eigenvalue weighted by molar-refractivity contribution is -0.147. The number of para-hydroxylation sites is 1. The van der Waals surface area contributed by atoms with Crippen molar-refractivity contribution in [1.82, 2.24) is 0 Å². The molecule has 0 aliphatic carbocycles. The smallest absolute Gasteiger partial charge is 0.344 e. The number of carbonyl (C=O) groups excluding carboxylic acids is 4. The number of esters is 2. The summed E-state index contributed by atoms with van der Waals surface area (Å²) in [5.41, 5.74) is 14.2. The van der Waals surface area contributed by atoms with Gasteiger partial charge in [-0.2, -0.15) is 0 Å². The van der Waals surface area contributed by atoms with Crippen molar-refractivity contribution in [3.05, 3.63) is 232 Å². The summed E-state index contributed by atoms with van der Waals surface area (Å²) in [5, 5.41) is 4.61. The molecule has 8 aromatic carbocycles. The van der Waals surface area contributed by atoms with Crippen LogP contribution in [0.1, 0.15) is 86.5 Å². The van der Waals surface area contributed by atoms with Crippen molar-refractivity contribution < 1.29 is 33.4 Å². The van der Waals surface area contributed by atoms with Gasteiger partial charge in [-0.05, 0) is 99.5 Å². The molecule has 0 aliphatic heterocycles. The maximum absolute atomic E-state index is 13.3. The fourth-order valence-electron chi connectivity index (χ4n) is 8.48. The molecule has 8 nitrogen and oxygen atoms in total. The van der Waals surface area contributed by atoms with Gasteiger partial charge >= 0.3 is 11.9 Å². The van der Waals surface area contributed by atoms with Crippen LogP contribution in [-0.4, -0.2) is 36.7 Å². The summed E-state index contributed by atoms with van der Waals surface area (Å²) in [7, 11) is 0. The van der Waals surface area contributed by atoms with Gasteiger partial charge in [0.2, 0.25) is 0 Å². The quantitative estimate of drug-likeness (QED) is 0.0796. The van der Waals surface area contributed by atoms with E-state index in [1.807, 2.05) is 141 Å². The third kappa shape index (κ3) is 14.2. The third-order valence-electron chi connectivity index (χ3n) is 12.1. The van der Waals surface area contributed by atoms with E-state index in [1.165, 1.54) is 5.39 Å². The van der Waals surface area contributed by atoms with Crippen LogP contribution in [0.15, 0.2) is 182 Å². The van der Waals surface area contributed by atoms with Gasteiger partial charge in [-0.15, -0.1) is 0 Å². The van der Waals surface area contributed by atoms with Gasteiger partial charge in [-0.1, -0.05) is 182 Å². The predicted octanol–water partition coefficient (Wildman–Crippen LogP) is 12.3. The number of carbonyl (C=O) groups is 4. The molecular formula is C61H59NO7. The second-order valence-electron chi connectivity index (χ2n) is 17.5. The predicted molar refractivity (Wildman–Crippen MR) is 274 cm³/mol. The van der Waals surface area contributed by atoms with E-state index >= 15 is 0 Å². The highest BCUT2D eigenvalue weighted by Crippen LogP contribution is 2.27. The first kappa shape index (κ1) is 49.2. The Morgan fingerprint density at radius 2 is 0.957 bits per heavy atom. The van der Waals surface area contributed by atoms with Gasteiger partial charge in [0.05, 0.1) is 11.5 Å². The SMILES string of the molecule is CCCC(C(=O)Cc1ccc2ccccc2c1)c1ccc(COC(=O)c2cc(C)cc(C)c2)cc1.NCC(C(=O)Cc1ccc2ccccc2c1)c1ccc(COC(=O)COc2ccccc2)cc1. The van der Waals surface area contributed by atoms with Gasteiger partial charge < -0.3 is 19.9 Å². The average Bonchev–Trinajstić information content (AvgIpc) is 3.37. The van der Waals surface area contributed by atoms with Crippen LogP contribution in [0.3, 0.4) is 0 Å². The molecular weight excluding hydrogens is 859 g/mol. The lowest BCUT2D eigenvalue weighted by atomic mass is 9.87. The third-order valence-corrected chi connectivity index (χ3v) is 12.1. The van der Waals surface area contributed by atoms with E-state index in [9.17, 15) is 19.2 Å². The number of aryl methyl sites for hydroxylation is 2. The summed E-state index contributed by atoms with van der Waals surface area (Å²) < 4.78 is 16.2. The summed E-state index contributed by atoms with van der Waals surface area (Å²) in [6.45, 7) is 6.47. The number of nitrogens with two attached hydrogens (primary N) is 1. The number of Topliss-reactive ketones (excluding diaryl/α,β-unsaturated/α-hetero) is 2. The lowest BCUT2D eigenvalue weighted by Gasteiger charge is -2.16. The van der Waals surface area contributed by atoms with Crippen LogP contribution in [0.2, 0.25) is 0 Å². The van der Waals surface area contributed by atoms with E-state index in [-0.39, 0.29) is 55.7 Å². The van der Waals surface area contributed by atoms with Crippen molar-refractivity contribution in [2.45, 2.75) is 71.5 Å². The van der Waals surface area contributed by atoms with E-state index in [0.717, 1.165) is 73.5 Å². The minimum Gasteiger partial charge on any atom is -0.482 e. The summed E-state index contributed by atoms with van der Waals surface area (Å²) >= 11 is 0. The highest BCUT2D eigenvalue weighted by atomic mass is 16.6. The Hall–Kier alpha value is -7.68. The van der Waals surface area contributed by atoms with E-state index in [2.05, 4.69) is 49.4 Å². The minimum absolute atomic E-state index is 0.0787. The Bertz CT molecular complexity index is 2980. The van der Waals surface area contributed by atoms with E-state index in [4.69, 9.17) is 19.9 Å². The average molecular weight is 918 g/mol. The molecule has 0 aromatic heterocycles. The molecule has 8 aromatic rings. The number of ether oxygens (including phenoxy) is 3.